The van der Waals surface area contributed by atoms with E-state index in [2.05, 4.69) is 5.10 Å². The molecule has 2 rings (SSSR count). The lowest BCUT2D eigenvalue weighted by atomic mass is 10.2. The van der Waals surface area contributed by atoms with Crippen molar-refractivity contribution in [3.8, 4) is 11.5 Å². The number of aryl methyl sites for hydroxylation is 1. The summed E-state index contributed by atoms with van der Waals surface area (Å²) in [6, 6.07) is 5.71. The molecular weight excluding hydrogens is 242 g/mol. The molecule has 19 heavy (non-hydrogen) atoms. The maximum Gasteiger partial charge on any atom is 0.124 e. The van der Waals surface area contributed by atoms with Gasteiger partial charge in [0.2, 0.25) is 0 Å². The zero-order valence-corrected chi connectivity index (χ0v) is 11.7. The molecule has 1 aromatic heterocycles. The van der Waals surface area contributed by atoms with Crippen molar-refractivity contribution in [1.29, 1.82) is 0 Å². The highest BCUT2D eigenvalue weighted by molar-refractivity contribution is 5.47. The highest BCUT2D eigenvalue weighted by atomic mass is 16.5. The molecule has 0 fully saturated rings. The van der Waals surface area contributed by atoms with Crippen molar-refractivity contribution in [3.63, 3.8) is 0 Å². The molecule has 0 aliphatic rings. The lowest BCUT2D eigenvalue weighted by molar-refractivity contribution is 0.396. The van der Waals surface area contributed by atoms with E-state index in [0.29, 0.717) is 6.54 Å². The number of hydrogen-bond acceptors (Lipinski definition) is 4. The van der Waals surface area contributed by atoms with Gasteiger partial charge in [0, 0.05) is 5.56 Å². The Morgan fingerprint density at radius 3 is 2.47 bits per heavy atom. The maximum absolute atomic E-state index is 5.94. The normalized spacial score (nSPS) is 10.5. The van der Waals surface area contributed by atoms with Crippen molar-refractivity contribution in [1.82, 2.24) is 9.78 Å². The summed E-state index contributed by atoms with van der Waals surface area (Å²) in [5, 5.41) is 4.43. The van der Waals surface area contributed by atoms with Gasteiger partial charge in [0.1, 0.15) is 11.5 Å². The van der Waals surface area contributed by atoms with Gasteiger partial charge in [-0.25, -0.2) is 0 Å². The Hall–Kier alpha value is -2.17. The highest BCUT2D eigenvalue weighted by Crippen LogP contribution is 2.26. The third-order valence-electron chi connectivity index (χ3n) is 3.25. The van der Waals surface area contributed by atoms with E-state index in [1.165, 1.54) is 0 Å². The van der Waals surface area contributed by atoms with Crippen LogP contribution in [0.15, 0.2) is 18.2 Å². The van der Waals surface area contributed by atoms with Crippen LogP contribution in [0.3, 0.4) is 0 Å². The molecule has 0 saturated carbocycles. The summed E-state index contributed by atoms with van der Waals surface area (Å²) >= 11 is 0. The van der Waals surface area contributed by atoms with Gasteiger partial charge in [0.15, 0.2) is 0 Å². The van der Waals surface area contributed by atoms with Crippen LogP contribution in [0.5, 0.6) is 11.5 Å². The first-order valence-electron chi connectivity index (χ1n) is 6.07. The number of ether oxygens (including phenoxy) is 2. The van der Waals surface area contributed by atoms with Crippen LogP contribution in [0.1, 0.15) is 17.0 Å². The van der Waals surface area contributed by atoms with E-state index in [4.69, 9.17) is 15.2 Å². The smallest absolute Gasteiger partial charge is 0.124 e. The number of hydrogen-bond donors (Lipinski definition) is 1. The van der Waals surface area contributed by atoms with Crippen LogP contribution in [0, 0.1) is 13.8 Å². The van der Waals surface area contributed by atoms with Crippen molar-refractivity contribution in [2.24, 2.45) is 0 Å². The van der Waals surface area contributed by atoms with Gasteiger partial charge < -0.3 is 15.2 Å². The largest absolute Gasteiger partial charge is 0.497 e. The number of methoxy groups -OCH3 is 2. The molecule has 2 aromatic rings. The minimum atomic E-state index is 0.601. The van der Waals surface area contributed by atoms with Gasteiger partial charge >= 0.3 is 0 Å². The Kier molecular flexibility index (Phi) is 3.64. The van der Waals surface area contributed by atoms with Crippen LogP contribution in [-0.2, 0) is 6.54 Å². The first kappa shape index (κ1) is 13.3. The molecule has 102 valence electrons. The number of aromatic nitrogens is 2. The molecule has 0 amide bonds. The molecule has 0 aliphatic carbocycles. The second-order valence-corrected chi connectivity index (χ2v) is 4.42. The predicted molar refractivity (Wildman–Crippen MR) is 74.8 cm³/mol. The van der Waals surface area contributed by atoms with E-state index in [1.807, 2.05) is 36.7 Å². The van der Waals surface area contributed by atoms with Crippen molar-refractivity contribution in [3.05, 3.63) is 35.2 Å². The summed E-state index contributed by atoms with van der Waals surface area (Å²) in [7, 11) is 3.30. The molecule has 5 nitrogen and oxygen atoms in total. The predicted octanol–water partition coefficient (Wildman–Crippen LogP) is 2.15. The summed E-state index contributed by atoms with van der Waals surface area (Å²) in [5.74, 6) is 1.61. The van der Waals surface area contributed by atoms with Crippen LogP contribution in [0.25, 0.3) is 0 Å². The van der Waals surface area contributed by atoms with E-state index in [-0.39, 0.29) is 0 Å². The summed E-state index contributed by atoms with van der Waals surface area (Å²) in [6.07, 6.45) is 0. The number of rotatable bonds is 4. The number of nitrogens with two attached hydrogens (primary N) is 1. The van der Waals surface area contributed by atoms with E-state index in [1.54, 1.807) is 14.2 Å². The lowest BCUT2D eigenvalue weighted by Crippen LogP contribution is -2.06. The molecule has 1 heterocycles. The van der Waals surface area contributed by atoms with Gasteiger partial charge in [-0.1, -0.05) is 0 Å². The first-order chi connectivity index (χ1) is 9.06. The van der Waals surface area contributed by atoms with E-state index in [9.17, 15) is 0 Å². The lowest BCUT2D eigenvalue weighted by Gasteiger charge is -2.11. The Morgan fingerprint density at radius 2 is 1.95 bits per heavy atom. The summed E-state index contributed by atoms with van der Waals surface area (Å²) < 4.78 is 12.5. The quantitative estimate of drug-likeness (QED) is 0.916. The first-order valence-corrected chi connectivity index (χ1v) is 6.07. The monoisotopic (exact) mass is 261 g/mol. The Bertz CT molecular complexity index is 591. The Labute approximate surface area is 112 Å². The van der Waals surface area contributed by atoms with Crippen molar-refractivity contribution in [2.75, 3.05) is 20.0 Å². The van der Waals surface area contributed by atoms with Crippen molar-refractivity contribution >= 4 is 5.69 Å². The van der Waals surface area contributed by atoms with Gasteiger partial charge in [-0.15, -0.1) is 0 Å². The SMILES string of the molecule is COc1ccc(OC)c(Cn2nc(C)c(N)c2C)c1. The minimum absolute atomic E-state index is 0.601. The fourth-order valence-corrected chi connectivity index (χ4v) is 2.03. The molecule has 0 saturated heterocycles. The summed E-state index contributed by atoms with van der Waals surface area (Å²) in [5.41, 5.74) is 9.50. The molecule has 0 bridgehead atoms. The molecule has 2 N–H and O–H groups in total. The molecule has 0 atom stereocenters. The zero-order valence-electron chi connectivity index (χ0n) is 11.7. The Balaban J connectivity index is 2.38. The molecule has 0 radical (unpaired) electrons. The molecule has 0 unspecified atom stereocenters. The summed E-state index contributed by atoms with van der Waals surface area (Å²) in [6.45, 7) is 4.47. The van der Waals surface area contributed by atoms with Crippen LogP contribution < -0.4 is 15.2 Å². The molecular formula is C14H19N3O2. The number of nitrogen functional groups attached to an aromatic ring is 1. The second-order valence-electron chi connectivity index (χ2n) is 4.42. The van der Waals surface area contributed by atoms with Gasteiger partial charge in [-0.3, -0.25) is 4.68 Å². The van der Waals surface area contributed by atoms with E-state index >= 15 is 0 Å². The molecule has 0 spiro atoms. The maximum atomic E-state index is 5.94. The standard InChI is InChI=1S/C14H19N3O2/c1-9-14(15)10(2)17(16-9)8-11-7-12(18-3)5-6-13(11)19-4/h5-7H,8,15H2,1-4H3. The average Bonchev–Trinajstić information content (AvgIpc) is 2.66. The number of anilines is 1. The highest BCUT2D eigenvalue weighted by Gasteiger charge is 2.11. The van der Waals surface area contributed by atoms with Gasteiger partial charge in [-0.2, -0.15) is 5.10 Å². The van der Waals surface area contributed by atoms with Crippen molar-refractivity contribution < 1.29 is 9.47 Å². The molecule has 1 aromatic carbocycles. The molecule has 5 heteroatoms. The Morgan fingerprint density at radius 1 is 1.21 bits per heavy atom. The number of nitrogens with zero attached hydrogens (tertiary/aromatic N) is 2. The van der Waals surface area contributed by atoms with Gasteiger partial charge in [0.25, 0.3) is 0 Å². The van der Waals surface area contributed by atoms with E-state index in [0.717, 1.165) is 34.1 Å². The zero-order chi connectivity index (χ0) is 14.0. The summed E-state index contributed by atoms with van der Waals surface area (Å²) in [4.78, 5) is 0. The van der Waals surface area contributed by atoms with Gasteiger partial charge in [-0.05, 0) is 32.0 Å². The molecule has 0 aliphatic heterocycles. The number of benzene rings is 1. The van der Waals surface area contributed by atoms with Crippen LogP contribution >= 0.6 is 0 Å². The van der Waals surface area contributed by atoms with Crippen LogP contribution in [-0.4, -0.2) is 24.0 Å². The topological polar surface area (TPSA) is 62.3 Å². The van der Waals surface area contributed by atoms with Crippen molar-refractivity contribution in [2.45, 2.75) is 20.4 Å². The fourth-order valence-electron chi connectivity index (χ4n) is 2.03. The average molecular weight is 261 g/mol. The van der Waals surface area contributed by atoms with Crippen LogP contribution in [0.4, 0.5) is 5.69 Å². The van der Waals surface area contributed by atoms with E-state index < -0.39 is 0 Å². The second kappa shape index (κ2) is 5.22. The third kappa shape index (κ3) is 2.50. The minimum Gasteiger partial charge on any atom is -0.497 e. The van der Waals surface area contributed by atoms with Crippen LogP contribution in [0.2, 0.25) is 0 Å². The fraction of sp³-hybridized carbons (Fsp3) is 0.357. The third-order valence-corrected chi connectivity index (χ3v) is 3.25. The van der Waals surface area contributed by atoms with Gasteiger partial charge in [0.05, 0.1) is 37.8 Å².